The highest BCUT2D eigenvalue weighted by molar-refractivity contribution is 7.17. The van der Waals surface area contributed by atoms with E-state index >= 15 is 0 Å². The second kappa shape index (κ2) is 10.8. The SMILES string of the molecule is CCOC(=O)c1c(NC(=O)C2CC(=O)N(c3ccc(F)cc3)C2)sc2c1CCN(Cc1ccccc1)C2. The third-order valence-corrected chi connectivity index (χ3v) is 7.87. The van der Waals surface area contributed by atoms with Gasteiger partial charge in [-0.25, -0.2) is 9.18 Å². The highest BCUT2D eigenvalue weighted by Gasteiger charge is 2.37. The highest BCUT2D eigenvalue weighted by atomic mass is 32.1. The maximum absolute atomic E-state index is 13.3. The quantitative estimate of drug-likeness (QED) is 0.460. The molecule has 1 unspecified atom stereocenters. The van der Waals surface area contributed by atoms with Crippen molar-refractivity contribution in [2.45, 2.75) is 32.9 Å². The maximum atomic E-state index is 13.3. The van der Waals surface area contributed by atoms with Crippen molar-refractivity contribution in [1.82, 2.24) is 4.90 Å². The Morgan fingerprint density at radius 1 is 1.14 bits per heavy atom. The van der Waals surface area contributed by atoms with Crippen LogP contribution in [-0.4, -0.2) is 42.4 Å². The normalized spacial score (nSPS) is 17.5. The van der Waals surface area contributed by atoms with Crippen LogP contribution < -0.4 is 10.2 Å². The molecule has 3 aromatic rings. The predicted molar refractivity (Wildman–Crippen MR) is 140 cm³/mol. The fourth-order valence-corrected chi connectivity index (χ4v) is 6.19. The molecule has 5 rings (SSSR count). The number of carbonyl (C=O) groups is 3. The van der Waals surface area contributed by atoms with Crippen LogP contribution in [0.15, 0.2) is 54.6 Å². The number of carbonyl (C=O) groups excluding carboxylic acids is 3. The van der Waals surface area contributed by atoms with Gasteiger partial charge in [-0.15, -0.1) is 11.3 Å². The molecule has 0 bridgehead atoms. The summed E-state index contributed by atoms with van der Waals surface area (Å²) in [6.45, 7) is 4.46. The molecule has 0 spiro atoms. The molecule has 2 amide bonds. The summed E-state index contributed by atoms with van der Waals surface area (Å²) < 4.78 is 18.6. The summed E-state index contributed by atoms with van der Waals surface area (Å²) in [6, 6.07) is 15.9. The average molecular weight is 522 g/mol. The third kappa shape index (κ3) is 5.42. The molecule has 1 fully saturated rings. The Balaban J connectivity index is 1.33. The molecule has 1 N–H and O–H groups in total. The topological polar surface area (TPSA) is 78.9 Å². The Morgan fingerprint density at radius 3 is 2.62 bits per heavy atom. The maximum Gasteiger partial charge on any atom is 0.341 e. The summed E-state index contributed by atoms with van der Waals surface area (Å²) in [7, 11) is 0. The van der Waals surface area contributed by atoms with Gasteiger partial charge in [-0.2, -0.15) is 0 Å². The van der Waals surface area contributed by atoms with Gasteiger partial charge in [0.05, 0.1) is 18.1 Å². The number of ether oxygens (including phenoxy) is 1. The Morgan fingerprint density at radius 2 is 1.89 bits per heavy atom. The Kier molecular flexibility index (Phi) is 7.34. The van der Waals surface area contributed by atoms with E-state index in [4.69, 9.17) is 4.74 Å². The number of rotatable bonds is 7. The number of hydrogen-bond acceptors (Lipinski definition) is 6. The largest absolute Gasteiger partial charge is 0.462 e. The van der Waals surface area contributed by atoms with Gasteiger partial charge in [0.1, 0.15) is 10.8 Å². The number of fused-ring (bicyclic) bond motifs is 1. The van der Waals surface area contributed by atoms with Gasteiger partial charge in [0.2, 0.25) is 11.8 Å². The van der Waals surface area contributed by atoms with E-state index in [9.17, 15) is 18.8 Å². The van der Waals surface area contributed by atoms with Crippen molar-refractivity contribution in [3.63, 3.8) is 0 Å². The zero-order valence-corrected chi connectivity index (χ0v) is 21.4. The number of thiophene rings is 1. The molecule has 3 heterocycles. The van der Waals surface area contributed by atoms with Crippen LogP contribution in [0, 0.1) is 11.7 Å². The van der Waals surface area contributed by atoms with Crippen LogP contribution in [0.3, 0.4) is 0 Å². The molecule has 2 aliphatic heterocycles. The van der Waals surface area contributed by atoms with E-state index in [2.05, 4.69) is 22.3 Å². The van der Waals surface area contributed by atoms with Gasteiger partial charge < -0.3 is 15.0 Å². The minimum Gasteiger partial charge on any atom is -0.462 e. The first-order valence-electron chi connectivity index (χ1n) is 12.4. The van der Waals surface area contributed by atoms with Crippen LogP contribution >= 0.6 is 11.3 Å². The van der Waals surface area contributed by atoms with E-state index in [-0.39, 0.29) is 37.2 Å². The Bertz CT molecular complexity index is 1310. The number of nitrogens with zero attached hydrogens (tertiary/aromatic N) is 2. The summed E-state index contributed by atoms with van der Waals surface area (Å²) in [5.41, 5.74) is 3.13. The van der Waals surface area contributed by atoms with Gasteiger partial charge >= 0.3 is 5.97 Å². The van der Waals surface area contributed by atoms with Crippen molar-refractivity contribution < 1.29 is 23.5 Å². The van der Waals surface area contributed by atoms with Crippen LogP contribution in [0.4, 0.5) is 15.1 Å². The summed E-state index contributed by atoms with van der Waals surface area (Å²) in [4.78, 5) is 43.6. The van der Waals surface area contributed by atoms with Gasteiger partial charge in [-0.1, -0.05) is 30.3 Å². The molecule has 37 heavy (non-hydrogen) atoms. The number of hydrogen-bond donors (Lipinski definition) is 1. The zero-order chi connectivity index (χ0) is 25.9. The van der Waals surface area contributed by atoms with Crippen LogP contribution in [0.5, 0.6) is 0 Å². The predicted octanol–water partition coefficient (Wildman–Crippen LogP) is 4.61. The van der Waals surface area contributed by atoms with Crippen molar-refractivity contribution in [3.8, 4) is 0 Å². The number of halogens is 1. The smallest absolute Gasteiger partial charge is 0.341 e. The van der Waals surface area contributed by atoms with Crippen LogP contribution in [0.25, 0.3) is 0 Å². The van der Waals surface area contributed by atoms with Crippen molar-refractivity contribution in [1.29, 1.82) is 0 Å². The van der Waals surface area contributed by atoms with E-state index in [1.807, 2.05) is 18.2 Å². The van der Waals surface area contributed by atoms with Crippen molar-refractivity contribution in [2.75, 3.05) is 29.9 Å². The fourth-order valence-electron chi connectivity index (χ4n) is 4.91. The minimum absolute atomic E-state index is 0.0495. The van der Waals surface area contributed by atoms with Gasteiger partial charge in [0.25, 0.3) is 0 Å². The number of amides is 2. The van der Waals surface area contributed by atoms with Gasteiger partial charge in [0, 0.05) is 43.2 Å². The van der Waals surface area contributed by atoms with Crippen molar-refractivity contribution in [2.24, 2.45) is 5.92 Å². The number of anilines is 2. The van der Waals surface area contributed by atoms with Crippen LogP contribution in [0.1, 0.15) is 39.7 Å². The highest BCUT2D eigenvalue weighted by Crippen LogP contribution is 2.39. The first-order chi connectivity index (χ1) is 17.9. The molecule has 0 aliphatic carbocycles. The lowest BCUT2D eigenvalue weighted by atomic mass is 10.0. The molecule has 1 aromatic heterocycles. The standard InChI is InChI=1S/C28H28FN3O4S/c1-2-36-28(35)25-22-12-13-31(15-18-6-4-3-5-7-18)17-23(22)37-27(25)30-26(34)19-14-24(33)32(16-19)21-10-8-20(29)9-11-21/h3-11,19H,2,12-17H2,1H3,(H,30,34). The third-order valence-electron chi connectivity index (χ3n) is 6.74. The first-order valence-corrected chi connectivity index (χ1v) is 13.2. The average Bonchev–Trinajstić information content (AvgIpc) is 3.45. The molecule has 9 heteroatoms. The number of nitrogens with one attached hydrogen (secondary N) is 1. The Hall–Kier alpha value is -3.56. The van der Waals surface area contributed by atoms with E-state index in [1.54, 1.807) is 6.92 Å². The molecular formula is C28H28FN3O4S. The number of benzene rings is 2. The second-order valence-electron chi connectivity index (χ2n) is 9.25. The molecule has 1 saturated heterocycles. The van der Waals surface area contributed by atoms with Gasteiger partial charge in [-0.05, 0) is 48.7 Å². The van der Waals surface area contributed by atoms with E-state index in [0.717, 1.165) is 23.5 Å². The summed E-state index contributed by atoms with van der Waals surface area (Å²) in [5, 5.41) is 3.41. The fraction of sp³-hybridized carbons (Fsp3) is 0.321. The number of esters is 1. The lowest BCUT2D eigenvalue weighted by Crippen LogP contribution is -2.30. The minimum atomic E-state index is -0.582. The lowest BCUT2D eigenvalue weighted by molar-refractivity contribution is -0.122. The molecule has 0 radical (unpaired) electrons. The van der Waals surface area contributed by atoms with Crippen LogP contribution in [0.2, 0.25) is 0 Å². The zero-order valence-electron chi connectivity index (χ0n) is 20.5. The molecule has 0 saturated carbocycles. The lowest BCUT2D eigenvalue weighted by Gasteiger charge is -2.27. The Labute approximate surface area is 218 Å². The van der Waals surface area contributed by atoms with Crippen molar-refractivity contribution >= 4 is 39.8 Å². The van der Waals surface area contributed by atoms with Crippen molar-refractivity contribution in [3.05, 3.63) is 82.0 Å². The second-order valence-corrected chi connectivity index (χ2v) is 10.4. The molecule has 1 atom stereocenters. The van der Waals surface area contributed by atoms with E-state index in [1.165, 1.54) is 46.1 Å². The molecular weight excluding hydrogens is 493 g/mol. The monoisotopic (exact) mass is 521 g/mol. The van der Waals surface area contributed by atoms with Gasteiger partial charge in [-0.3, -0.25) is 14.5 Å². The molecule has 192 valence electrons. The molecule has 2 aromatic carbocycles. The molecule has 7 nitrogen and oxygen atoms in total. The first kappa shape index (κ1) is 25.1. The summed E-state index contributed by atoms with van der Waals surface area (Å²) >= 11 is 1.40. The van der Waals surface area contributed by atoms with E-state index < -0.39 is 11.9 Å². The summed E-state index contributed by atoms with van der Waals surface area (Å²) in [5.74, 6) is -1.92. The van der Waals surface area contributed by atoms with Gasteiger partial charge in [0.15, 0.2) is 0 Å². The molecule has 2 aliphatic rings. The summed E-state index contributed by atoms with van der Waals surface area (Å²) in [6.07, 6.45) is 0.733. The van der Waals surface area contributed by atoms with E-state index in [0.29, 0.717) is 29.2 Å². The van der Waals surface area contributed by atoms with Crippen LogP contribution in [-0.2, 0) is 33.8 Å².